The molecule has 0 heterocycles. The predicted molar refractivity (Wildman–Crippen MR) is 69.5 cm³/mol. The van der Waals surface area contributed by atoms with E-state index in [1.165, 1.54) is 12.1 Å². The summed E-state index contributed by atoms with van der Waals surface area (Å²) in [6, 6.07) is 6.40. The average molecular weight is 267 g/mol. The highest BCUT2D eigenvalue weighted by Crippen LogP contribution is 2.17. The van der Waals surface area contributed by atoms with Crippen molar-refractivity contribution in [1.29, 1.82) is 0 Å². The van der Waals surface area contributed by atoms with Crippen molar-refractivity contribution in [2.24, 2.45) is 5.73 Å². The minimum absolute atomic E-state index is 0.0398. The summed E-state index contributed by atoms with van der Waals surface area (Å²) in [6.45, 7) is 2.79. The van der Waals surface area contributed by atoms with Crippen molar-refractivity contribution < 1.29 is 14.5 Å². The third-order valence-corrected chi connectivity index (χ3v) is 2.55. The van der Waals surface area contributed by atoms with Crippen molar-refractivity contribution in [1.82, 2.24) is 5.32 Å². The first-order chi connectivity index (χ1) is 9.00. The van der Waals surface area contributed by atoms with Crippen LogP contribution >= 0.6 is 0 Å². The third-order valence-electron chi connectivity index (χ3n) is 2.55. The van der Waals surface area contributed by atoms with Crippen LogP contribution in [0.1, 0.15) is 18.5 Å². The molecule has 19 heavy (non-hydrogen) atoms. The van der Waals surface area contributed by atoms with Crippen LogP contribution in [-0.2, 0) is 9.53 Å². The number of non-ortho nitro benzene ring substituents is 1. The Labute approximate surface area is 110 Å². The lowest BCUT2D eigenvalue weighted by atomic mass is 10.1. The maximum absolute atomic E-state index is 10.5. The Morgan fingerprint density at radius 2 is 2.11 bits per heavy atom. The Hall–Kier alpha value is -1.99. The summed E-state index contributed by atoms with van der Waals surface area (Å²) in [6.07, 6.45) is 0. The van der Waals surface area contributed by atoms with Crippen molar-refractivity contribution in [2.75, 3.05) is 19.8 Å². The molecule has 0 aliphatic rings. The second-order valence-electron chi connectivity index (χ2n) is 4.04. The molecule has 7 nitrogen and oxygen atoms in total. The van der Waals surface area contributed by atoms with Crippen LogP contribution in [0, 0.1) is 10.1 Å². The number of nitrogens with two attached hydrogens (primary N) is 1. The molecule has 0 bridgehead atoms. The number of carbonyl (C=O) groups is 1. The summed E-state index contributed by atoms with van der Waals surface area (Å²) in [5.41, 5.74) is 5.94. The van der Waals surface area contributed by atoms with Crippen LogP contribution in [0.2, 0.25) is 0 Å². The van der Waals surface area contributed by atoms with Crippen LogP contribution < -0.4 is 11.1 Å². The van der Waals surface area contributed by atoms with E-state index in [1.807, 2.05) is 6.92 Å². The first-order valence-electron chi connectivity index (χ1n) is 5.84. The molecule has 1 amide bonds. The molecule has 1 unspecified atom stereocenters. The number of nitrogens with one attached hydrogen (secondary N) is 1. The van der Waals surface area contributed by atoms with Crippen LogP contribution in [0.5, 0.6) is 0 Å². The fraction of sp³-hybridized carbons (Fsp3) is 0.417. The summed E-state index contributed by atoms with van der Waals surface area (Å²) in [4.78, 5) is 20.5. The van der Waals surface area contributed by atoms with Gasteiger partial charge in [-0.05, 0) is 12.5 Å². The molecular weight excluding hydrogens is 250 g/mol. The second kappa shape index (κ2) is 7.45. The Balaban J connectivity index is 2.34. The van der Waals surface area contributed by atoms with Gasteiger partial charge < -0.3 is 15.8 Å². The van der Waals surface area contributed by atoms with Crippen LogP contribution in [0.4, 0.5) is 5.69 Å². The van der Waals surface area contributed by atoms with Crippen LogP contribution in [0.3, 0.4) is 0 Å². The van der Waals surface area contributed by atoms with Gasteiger partial charge in [0, 0.05) is 24.7 Å². The van der Waals surface area contributed by atoms with Gasteiger partial charge in [-0.25, -0.2) is 0 Å². The van der Waals surface area contributed by atoms with Gasteiger partial charge in [-0.1, -0.05) is 12.1 Å². The first-order valence-corrected chi connectivity index (χ1v) is 5.84. The van der Waals surface area contributed by atoms with Gasteiger partial charge in [-0.3, -0.25) is 14.9 Å². The largest absolute Gasteiger partial charge is 0.370 e. The molecule has 0 saturated heterocycles. The Kier molecular flexibility index (Phi) is 5.91. The van der Waals surface area contributed by atoms with Gasteiger partial charge in [0.05, 0.1) is 11.5 Å². The lowest BCUT2D eigenvalue weighted by molar-refractivity contribution is -0.384. The normalized spacial score (nSPS) is 12.1. The molecule has 0 radical (unpaired) electrons. The molecule has 3 N–H and O–H groups in total. The van der Waals surface area contributed by atoms with Crippen molar-refractivity contribution in [3.05, 3.63) is 39.9 Å². The minimum Gasteiger partial charge on any atom is -0.370 e. The fourth-order valence-corrected chi connectivity index (χ4v) is 1.52. The maximum Gasteiger partial charge on any atom is 0.269 e. The van der Waals surface area contributed by atoms with E-state index in [4.69, 9.17) is 10.5 Å². The molecular formula is C12H17N3O4. The molecule has 0 aliphatic heterocycles. The molecule has 0 fully saturated rings. The Morgan fingerprint density at radius 1 is 1.47 bits per heavy atom. The zero-order valence-electron chi connectivity index (χ0n) is 10.7. The Morgan fingerprint density at radius 3 is 2.63 bits per heavy atom. The summed E-state index contributed by atoms with van der Waals surface area (Å²) in [5.74, 6) is -0.497. The molecule has 104 valence electrons. The van der Waals surface area contributed by atoms with Gasteiger partial charge in [0.15, 0.2) is 0 Å². The van der Waals surface area contributed by atoms with E-state index in [0.29, 0.717) is 13.2 Å². The fourth-order valence-electron chi connectivity index (χ4n) is 1.52. The number of hydrogen-bond acceptors (Lipinski definition) is 5. The molecule has 7 heteroatoms. The van der Waals surface area contributed by atoms with Gasteiger partial charge in [0.25, 0.3) is 5.69 Å². The van der Waals surface area contributed by atoms with E-state index in [1.54, 1.807) is 12.1 Å². The van der Waals surface area contributed by atoms with Crippen molar-refractivity contribution in [3.63, 3.8) is 0 Å². The van der Waals surface area contributed by atoms with Crippen molar-refractivity contribution in [2.45, 2.75) is 13.0 Å². The minimum atomic E-state index is -0.497. The highest BCUT2D eigenvalue weighted by atomic mass is 16.6. The van der Waals surface area contributed by atoms with Gasteiger partial charge in [0.2, 0.25) is 5.91 Å². The zero-order valence-corrected chi connectivity index (χ0v) is 10.7. The molecule has 0 saturated carbocycles. The molecule has 1 atom stereocenters. The van der Waals surface area contributed by atoms with E-state index < -0.39 is 10.8 Å². The highest BCUT2D eigenvalue weighted by Gasteiger charge is 2.08. The number of amides is 1. The first kappa shape index (κ1) is 15.1. The molecule has 0 aliphatic carbocycles. The predicted octanol–water partition coefficient (Wildman–Crippen LogP) is 0.747. The van der Waals surface area contributed by atoms with Gasteiger partial charge in [-0.15, -0.1) is 0 Å². The SMILES string of the molecule is CC(NCCOCC(N)=O)c1ccc([N+](=O)[O-])cc1. The summed E-state index contributed by atoms with van der Waals surface area (Å²) >= 11 is 0. The molecule has 0 spiro atoms. The zero-order chi connectivity index (χ0) is 14.3. The quantitative estimate of drug-likeness (QED) is 0.410. The van der Waals surface area contributed by atoms with E-state index in [-0.39, 0.29) is 18.3 Å². The number of ether oxygens (including phenoxy) is 1. The number of nitro benzene ring substituents is 1. The number of nitro groups is 1. The van der Waals surface area contributed by atoms with Crippen LogP contribution in [0.15, 0.2) is 24.3 Å². The van der Waals surface area contributed by atoms with Crippen LogP contribution in [0.25, 0.3) is 0 Å². The second-order valence-corrected chi connectivity index (χ2v) is 4.04. The molecule has 1 aromatic carbocycles. The van der Waals surface area contributed by atoms with Crippen LogP contribution in [-0.4, -0.2) is 30.6 Å². The molecule has 1 rings (SSSR count). The van der Waals surface area contributed by atoms with E-state index in [9.17, 15) is 14.9 Å². The number of carbonyl (C=O) groups excluding carboxylic acids is 1. The van der Waals surface area contributed by atoms with Crippen molar-refractivity contribution in [3.8, 4) is 0 Å². The van der Waals surface area contributed by atoms with Gasteiger partial charge in [0.1, 0.15) is 6.61 Å². The third kappa shape index (κ3) is 5.45. The maximum atomic E-state index is 10.5. The lowest BCUT2D eigenvalue weighted by Gasteiger charge is -2.13. The standard InChI is InChI=1S/C12H17N3O4/c1-9(14-6-7-19-8-12(13)16)10-2-4-11(5-3-10)15(17)18/h2-5,9,14H,6-8H2,1H3,(H2,13,16). The number of nitrogens with zero attached hydrogens (tertiary/aromatic N) is 1. The highest BCUT2D eigenvalue weighted by molar-refractivity contribution is 5.74. The average Bonchev–Trinajstić information content (AvgIpc) is 2.37. The monoisotopic (exact) mass is 267 g/mol. The lowest BCUT2D eigenvalue weighted by Crippen LogP contribution is -2.25. The van der Waals surface area contributed by atoms with Crippen molar-refractivity contribution >= 4 is 11.6 Å². The number of primary amides is 1. The number of rotatable bonds is 8. The Bertz CT molecular complexity index is 433. The van der Waals surface area contributed by atoms with E-state index in [2.05, 4.69) is 5.32 Å². The van der Waals surface area contributed by atoms with E-state index in [0.717, 1.165) is 5.56 Å². The number of benzene rings is 1. The molecule has 0 aromatic heterocycles. The smallest absolute Gasteiger partial charge is 0.269 e. The van der Waals surface area contributed by atoms with E-state index >= 15 is 0 Å². The summed E-state index contributed by atoms with van der Waals surface area (Å²) in [5, 5.41) is 13.7. The molecule has 1 aromatic rings. The summed E-state index contributed by atoms with van der Waals surface area (Å²) < 4.78 is 5.01. The van der Waals surface area contributed by atoms with Gasteiger partial charge >= 0.3 is 0 Å². The number of hydrogen-bond donors (Lipinski definition) is 2. The van der Waals surface area contributed by atoms with Gasteiger partial charge in [-0.2, -0.15) is 0 Å². The topological polar surface area (TPSA) is 107 Å². The summed E-state index contributed by atoms with van der Waals surface area (Å²) in [7, 11) is 0.